The number of amides is 3. The van der Waals surface area contributed by atoms with Crippen LogP contribution < -0.4 is 16.0 Å². The van der Waals surface area contributed by atoms with E-state index in [1.54, 1.807) is 6.92 Å². The molecule has 1 aliphatic rings. The summed E-state index contributed by atoms with van der Waals surface area (Å²) in [6.45, 7) is 6.37. The quantitative estimate of drug-likeness (QED) is 0.491. The Morgan fingerprint density at radius 3 is 2.18 bits per heavy atom. The Labute approximate surface area is 195 Å². The molecule has 8 nitrogen and oxygen atoms in total. The fraction of sp³-hybridized carbons (Fsp3) is 0.571. The zero-order chi connectivity index (χ0) is 24.6. The van der Waals surface area contributed by atoms with Crippen molar-refractivity contribution in [1.82, 2.24) is 20.4 Å². The van der Waals surface area contributed by atoms with Crippen molar-refractivity contribution in [2.24, 2.45) is 0 Å². The fourth-order valence-electron chi connectivity index (χ4n) is 3.29. The van der Waals surface area contributed by atoms with Gasteiger partial charge in [0.05, 0.1) is 23.7 Å². The molecule has 3 amide bonds. The molecule has 184 valence electrons. The second kappa shape index (κ2) is 12.2. The van der Waals surface area contributed by atoms with Crippen molar-refractivity contribution >= 4 is 35.0 Å². The van der Waals surface area contributed by atoms with Gasteiger partial charge in [-0.1, -0.05) is 18.5 Å². The Balaban J connectivity index is 1.75. The summed E-state index contributed by atoms with van der Waals surface area (Å²) in [5.41, 5.74) is -0.991. The highest BCUT2D eigenvalue weighted by atomic mass is 35.5. The number of carbonyl (C=O) groups excluding carboxylic acids is 3. The van der Waals surface area contributed by atoms with Gasteiger partial charge in [-0.25, -0.2) is 0 Å². The van der Waals surface area contributed by atoms with Crippen LogP contribution in [0.1, 0.15) is 25.8 Å². The lowest BCUT2D eigenvalue weighted by molar-refractivity contribution is -0.137. The molecule has 1 aromatic rings. The Morgan fingerprint density at radius 2 is 1.64 bits per heavy atom. The van der Waals surface area contributed by atoms with Gasteiger partial charge in [-0.15, -0.1) is 0 Å². The third-order valence-electron chi connectivity index (χ3n) is 5.07. The Morgan fingerprint density at radius 1 is 1.06 bits per heavy atom. The molecular formula is C21H29ClF3N5O3. The second-order valence-electron chi connectivity index (χ2n) is 7.87. The Bertz CT molecular complexity index is 845. The minimum atomic E-state index is -4.61. The number of rotatable bonds is 9. The average Bonchev–Trinajstić information content (AvgIpc) is 2.73. The van der Waals surface area contributed by atoms with E-state index in [0.29, 0.717) is 32.7 Å². The molecule has 3 N–H and O–H groups in total. The fourth-order valence-corrected chi connectivity index (χ4v) is 3.51. The molecule has 0 saturated carbocycles. The van der Waals surface area contributed by atoms with E-state index in [-0.39, 0.29) is 30.6 Å². The smallest absolute Gasteiger partial charge is 0.354 e. The third-order valence-corrected chi connectivity index (χ3v) is 5.40. The van der Waals surface area contributed by atoms with Gasteiger partial charge in [0, 0.05) is 38.4 Å². The maximum absolute atomic E-state index is 13.0. The highest BCUT2D eigenvalue weighted by molar-refractivity contribution is 6.31. The van der Waals surface area contributed by atoms with Gasteiger partial charge in [-0.05, 0) is 31.5 Å². The summed E-state index contributed by atoms with van der Waals surface area (Å²) in [4.78, 5) is 40.1. The van der Waals surface area contributed by atoms with Crippen LogP contribution in [-0.4, -0.2) is 79.4 Å². The molecule has 1 atom stereocenters. The number of carbonyl (C=O) groups is 3. The first kappa shape index (κ1) is 26.9. The minimum Gasteiger partial charge on any atom is -0.354 e. The number of halogens is 4. The Hall–Kier alpha value is -2.37. The summed E-state index contributed by atoms with van der Waals surface area (Å²) < 4.78 is 38.9. The van der Waals surface area contributed by atoms with Crippen LogP contribution >= 0.6 is 11.6 Å². The van der Waals surface area contributed by atoms with E-state index >= 15 is 0 Å². The lowest BCUT2D eigenvalue weighted by Gasteiger charge is -2.34. The van der Waals surface area contributed by atoms with E-state index in [4.69, 9.17) is 11.6 Å². The molecule has 0 spiro atoms. The molecule has 0 unspecified atom stereocenters. The number of anilines is 1. The first-order valence-electron chi connectivity index (χ1n) is 10.7. The van der Waals surface area contributed by atoms with Crippen LogP contribution in [0.15, 0.2) is 18.2 Å². The van der Waals surface area contributed by atoms with Crippen LogP contribution in [-0.2, 0) is 20.6 Å². The minimum absolute atomic E-state index is 0.0125. The van der Waals surface area contributed by atoms with Crippen LogP contribution in [0, 0.1) is 0 Å². The summed E-state index contributed by atoms with van der Waals surface area (Å²) in [7, 11) is 0. The predicted molar refractivity (Wildman–Crippen MR) is 119 cm³/mol. The van der Waals surface area contributed by atoms with E-state index in [1.165, 1.54) is 6.07 Å². The van der Waals surface area contributed by atoms with Crippen molar-refractivity contribution in [1.29, 1.82) is 0 Å². The average molecular weight is 492 g/mol. The standard InChI is InChI=1S/C21H29ClF3N5O3/c1-3-6-26-20(33)14(2)27-18(31)12-29-7-9-30(10-8-29)13-19(32)28-15-4-5-17(22)16(11-15)21(23,24)25/h4-5,11,14H,3,6-10,12-13H2,1-2H3,(H,26,33)(H,27,31)(H,28,32)/t14-/m1/s1. The lowest BCUT2D eigenvalue weighted by atomic mass is 10.2. The van der Waals surface area contributed by atoms with Crippen molar-refractivity contribution in [2.75, 3.05) is 51.1 Å². The van der Waals surface area contributed by atoms with E-state index < -0.39 is 28.7 Å². The second-order valence-corrected chi connectivity index (χ2v) is 8.28. The molecule has 33 heavy (non-hydrogen) atoms. The topological polar surface area (TPSA) is 93.8 Å². The molecule has 1 aromatic carbocycles. The van der Waals surface area contributed by atoms with Crippen molar-refractivity contribution in [3.63, 3.8) is 0 Å². The van der Waals surface area contributed by atoms with Crippen molar-refractivity contribution < 1.29 is 27.6 Å². The summed E-state index contributed by atoms with van der Waals surface area (Å²) >= 11 is 5.59. The van der Waals surface area contributed by atoms with Crippen molar-refractivity contribution in [3.05, 3.63) is 28.8 Å². The molecule has 0 aliphatic carbocycles. The number of benzene rings is 1. The summed E-state index contributed by atoms with van der Waals surface area (Å²) in [5.74, 6) is -0.934. The van der Waals surface area contributed by atoms with Gasteiger partial charge in [0.2, 0.25) is 17.7 Å². The Kier molecular flexibility index (Phi) is 9.93. The number of nitrogens with zero attached hydrogens (tertiary/aromatic N) is 2. The van der Waals surface area contributed by atoms with E-state index in [1.807, 2.05) is 16.7 Å². The SMILES string of the molecule is CCCNC(=O)[C@@H](C)NC(=O)CN1CCN(CC(=O)Nc2ccc(Cl)c(C(F)(F)F)c2)CC1. The zero-order valence-corrected chi connectivity index (χ0v) is 19.4. The van der Waals surface area contributed by atoms with Crippen LogP contribution in [0.3, 0.4) is 0 Å². The molecule has 1 aliphatic heterocycles. The van der Waals surface area contributed by atoms with Gasteiger partial charge >= 0.3 is 6.18 Å². The van der Waals surface area contributed by atoms with E-state index in [0.717, 1.165) is 18.6 Å². The normalized spacial score (nSPS) is 16.2. The molecule has 12 heteroatoms. The number of nitrogens with one attached hydrogen (secondary N) is 3. The number of alkyl halides is 3. The van der Waals surface area contributed by atoms with Gasteiger partial charge in [-0.3, -0.25) is 24.2 Å². The molecule has 0 aromatic heterocycles. The van der Waals surface area contributed by atoms with Crippen molar-refractivity contribution in [3.8, 4) is 0 Å². The highest BCUT2D eigenvalue weighted by Gasteiger charge is 2.33. The summed E-state index contributed by atoms with van der Waals surface area (Å²) in [6, 6.07) is 2.59. The molecule has 1 saturated heterocycles. The van der Waals surface area contributed by atoms with Crippen molar-refractivity contribution in [2.45, 2.75) is 32.5 Å². The number of piperazine rings is 1. The number of hydrogen-bond acceptors (Lipinski definition) is 5. The number of hydrogen-bond donors (Lipinski definition) is 3. The monoisotopic (exact) mass is 491 g/mol. The largest absolute Gasteiger partial charge is 0.417 e. The van der Waals surface area contributed by atoms with Gasteiger partial charge in [0.25, 0.3) is 0 Å². The van der Waals surface area contributed by atoms with E-state index in [2.05, 4.69) is 16.0 Å². The van der Waals surface area contributed by atoms with Gasteiger partial charge in [0.15, 0.2) is 0 Å². The van der Waals surface area contributed by atoms with Crippen LogP contribution in [0.2, 0.25) is 5.02 Å². The van der Waals surface area contributed by atoms with Crippen LogP contribution in [0.5, 0.6) is 0 Å². The summed E-state index contributed by atoms with van der Waals surface area (Å²) in [5, 5.41) is 7.42. The maximum Gasteiger partial charge on any atom is 0.417 e. The molecule has 0 radical (unpaired) electrons. The van der Waals surface area contributed by atoms with Gasteiger partial charge < -0.3 is 16.0 Å². The predicted octanol–water partition coefficient (Wildman–Crippen LogP) is 1.95. The zero-order valence-electron chi connectivity index (χ0n) is 18.6. The highest BCUT2D eigenvalue weighted by Crippen LogP contribution is 2.36. The van der Waals surface area contributed by atoms with E-state index in [9.17, 15) is 27.6 Å². The van der Waals surface area contributed by atoms with Crippen LogP contribution in [0.4, 0.5) is 18.9 Å². The summed E-state index contributed by atoms with van der Waals surface area (Å²) in [6.07, 6.45) is -3.81. The first-order valence-corrected chi connectivity index (χ1v) is 11.1. The van der Waals surface area contributed by atoms with Gasteiger partial charge in [0.1, 0.15) is 6.04 Å². The molecule has 1 fully saturated rings. The lowest BCUT2D eigenvalue weighted by Crippen LogP contribution is -2.53. The molecule has 2 rings (SSSR count). The third kappa shape index (κ3) is 8.82. The molecule has 0 bridgehead atoms. The first-order chi connectivity index (χ1) is 15.5. The molecule has 1 heterocycles. The maximum atomic E-state index is 13.0. The molecular weight excluding hydrogens is 463 g/mol. The van der Waals surface area contributed by atoms with Crippen LogP contribution in [0.25, 0.3) is 0 Å². The van der Waals surface area contributed by atoms with Gasteiger partial charge in [-0.2, -0.15) is 13.2 Å².